The fourth-order valence-corrected chi connectivity index (χ4v) is 4.98. The van der Waals surface area contributed by atoms with Crippen molar-refractivity contribution in [2.45, 2.75) is 175 Å². The first-order chi connectivity index (χ1) is 15.5. The number of hydrogen-bond acceptors (Lipinski definition) is 1. The smallest absolute Gasteiger partial charge is 0.309 e. The van der Waals surface area contributed by atoms with Gasteiger partial charge in [-0.25, -0.2) is 0 Å². The summed E-state index contributed by atoms with van der Waals surface area (Å²) in [7, 11) is 0. The van der Waals surface area contributed by atoms with E-state index in [-0.39, 0.29) is 5.92 Å². The molecule has 0 aromatic rings. The van der Waals surface area contributed by atoms with Gasteiger partial charge in [-0.2, -0.15) is 0 Å². The molecule has 0 aromatic carbocycles. The van der Waals surface area contributed by atoms with Gasteiger partial charge in [0.25, 0.3) is 0 Å². The van der Waals surface area contributed by atoms with Crippen LogP contribution in [0.25, 0.3) is 0 Å². The molecule has 0 spiro atoms. The van der Waals surface area contributed by atoms with Gasteiger partial charge < -0.3 is 5.11 Å². The van der Waals surface area contributed by atoms with Crippen LogP contribution in [-0.4, -0.2) is 11.1 Å². The lowest BCUT2D eigenvalue weighted by atomic mass is 9.72. The highest BCUT2D eigenvalue weighted by molar-refractivity contribution is 5.74. The van der Waals surface area contributed by atoms with E-state index in [1.54, 1.807) is 0 Å². The third-order valence-corrected chi connectivity index (χ3v) is 7.87. The maximum atomic E-state index is 12.0. The van der Waals surface area contributed by atoms with Gasteiger partial charge in [0.05, 0.1) is 5.41 Å². The molecule has 0 heterocycles. The Labute approximate surface area is 202 Å². The van der Waals surface area contributed by atoms with E-state index in [2.05, 4.69) is 20.8 Å². The number of hydrogen-bond donors (Lipinski definition) is 1. The Morgan fingerprint density at radius 1 is 0.594 bits per heavy atom. The molecule has 2 heteroatoms. The van der Waals surface area contributed by atoms with Gasteiger partial charge in [-0.15, -0.1) is 0 Å². The van der Waals surface area contributed by atoms with Crippen LogP contribution < -0.4 is 0 Å². The quantitative estimate of drug-likeness (QED) is 0.140. The van der Waals surface area contributed by atoms with Crippen molar-refractivity contribution in [3.63, 3.8) is 0 Å². The average molecular weight is 453 g/mol. The molecule has 2 unspecified atom stereocenters. The predicted octanol–water partition coefficient (Wildman–Crippen LogP) is 10.7. The number of carbonyl (C=O) groups is 1. The number of carboxylic acids is 1. The van der Waals surface area contributed by atoms with Crippen molar-refractivity contribution < 1.29 is 9.90 Å². The molecule has 192 valence electrons. The Morgan fingerprint density at radius 3 is 1.25 bits per heavy atom. The van der Waals surface area contributed by atoms with Crippen LogP contribution in [0, 0.1) is 11.3 Å². The van der Waals surface area contributed by atoms with Crippen molar-refractivity contribution in [3.8, 4) is 0 Å². The Hall–Kier alpha value is -0.530. The van der Waals surface area contributed by atoms with Gasteiger partial charge in [-0.05, 0) is 25.7 Å². The van der Waals surface area contributed by atoms with Gasteiger partial charge in [-0.1, -0.05) is 156 Å². The molecule has 0 saturated heterocycles. The number of rotatable bonds is 25. The maximum absolute atomic E-state index is 12.0. The molecule has 2 nitrogen and oxygen atoms in total. The molecule has 0 amide bonds. The van der Waals surface area contributed by atoms with E-state index in [1.807, 2.05) is 6.92 Å². The largest absolute Gasteiger partial charge is 0.481 e. The summed E-state index contributed by atoms with van der Waals surface area (Å²) in [4.78, 5) is 12.0. The third kappa shape index (κ3) is 17.0. The molecule has 2 atom stereocenters. The van der Waals surface area contributed by atoms with Crippen molar-refractivity contribution in [2.24, 2.45) is 11.3 Å². The van der Waals surface area contributed by atoms with Crippen LogP contribution >= 0.6 is 0 Å². The molecule has 0 bridgehead atoms. The van der Waals surface area contributed by atoms with E-state index in [0.717, 1.165) is 19.3 Å². The minimum absolute atomic E-state index is 0.275. The first-order valence-electron chi connectivity index (χ1n) is 14.7. The van der Waals surface area contributed by atoms with Gasteiger partial charge in [-0.3, -0.25) is 4.79 Å². The van der Waals surface area contributed by atoms with Crippen molar-refractivity contribution >= 4 is 5.97 Å². The number of aliphatic carboxylic acids is 1. The van der Waals surface area contributed by atoms with Gasteiger partial charge in [0.15, 0.2) is 0 Å². The van der Waals surface area contributed by atoms with Crippen LogP contribution in [0.3, 0.4) is 0 Å². The van der Waals surface area contributed by atoms with Crippen LogP contribution in [-0.2, 0) is 4.79 Å². The first kappa shape index (κ1) is 31.5. The molecule has 0 saturated carbocycles. The zero-order chi connectivity index (χ0) is 23.9. The molecule has 0 aromatic heterocycles. The predicted molar refractivity (Wildman–Crippen MR) is 142 cm³/mol. The SMILES string of the molecule is CCCCCCCCCCCCCCCC(C)C(C)(CCCCCCCCCC)C(=O)O. The number of carboxylic acid groups (broad SMARTS) is 1. The molecule has 1 N–H and O–H groups in total. The molecule has 0 rings (SSSR count). The van der Waals surface area contributed by atoms with E-state index in [4.69, 9.17) is 0 Å². The highest BCUT2D eigenvalue weighted by Gasteiger charge is 2.37. The van der Waals surface area contributed by atoms with Crippen LogP contribution in [0.1, 0.15) is 175 Å². The molecule has 0 aliphatic heterocycles. The Bertz CT molecular complexity index is 406. The van der Waals surface area contributed by atoms with Crippen LogP contribution in [0.15, 0.2) is 0 Å². The van der Waals surface area contributed by atoms with E-state index >= 15 is 0 Å². The Morgan fingerprint density at radius 2 is 0.906 bits per heavy atom. The Balaban J connectivity index is 3.76. The van der Waals surface area contributed by atoms with Crippen molar-refractivity contribution in [1.29, 1.82) is 0 Å². The maximum Gasteiger partial charge on any atom is 0.309 e. The van der Waals surface area contributed by atoms with Gasteiger partial charge in [0.2, 0.25) is 0 Å². The summed E-state index contributed by atoms with van der Waals surface area (Å²) in [6.07, 6.45) is 29.9. The summed E-state index contributed by atoms with van der Waals surface area (Å²) >= 11 is 0. The second-order valence-corrected chi connectivity index (χ2v) is 10.9. The third-order valence-electron chi connectivity index (χ3n) is 7.87. The standard InChI is InChI=1S/C30H60O2/c1-5-7-9-11-13-15-16-17-18-19-20-22-24-26-28(3)30(4,29(31)32)27-25-23-21-14-12-10-8-6-2/h28H,5-27H2,1-4H3,(H,31,32). The molecule has 0 fully saturated rings. The van der Waals surface area contributed by atoms with Crippen LogP contribution in [0.5, 0.6) is 0 Å². The van der Waals surface area contributed by atoms with Gasteiger partial charge in [0, 0.05) is 0 Å². The van der Waals surface area contributed by atoms with E-state index in [0.29, 0.717) is 0 Å². The van der Waals surface area contributed by atoms with E-state index in [1.165, 1.54) is 128 Å². The van der Waals surface area contributed by atoms with Gasteiger partial charge in [0.1, 0.15) is 0 Å². The molecular weight excluding hydrogens is 392 g/mol. The van der Waals surface area contributed by atoms with Crippen molar-refractivity contribution in [1.82, 2.24) is 0 Å². The molecular formula is C30H60O2. The summed E-state index contributed by atoms with van der Waals surface area (Å²) in [5, 5.41) is 9.91. The molecule has 0 aliphatic rings. The topological polar surface area (TPSA) is 37.3 Å². The first-order valence-corrected chi connectivity index (χ1v) is 14.7. The summed E-state index contributed by atoms with van der Waals surface area (Å²) in [5.74, 6) is -0.306. The van der Waals surface area contributed by atoms with Crippen LogP contribution in [0.4, 0.5) is 0 Å². The molecule has 0 radical (unpaired) electrons. The molecule has 0 aliphatic carbocycles. The van der Waals surface area contributed by atoms with E-state index in [9.17, 15) is 9.90 Å². The number of unbranched alkanes of at least 4 members (excludes halogenated alkanes) is 19. The fraction of sp³-hybridized carbons (Fsp3) is 0.967. The lowest BCUT2D eigenvalue weighted by Crippen LogP contribution is -2.34. The fourth-order valence-electron chi connectivity index (χ4n) is 4.98. The van der Waals surface area contributed by atoms with Gasteiger partial charge >= 0.3 is 5.97 Å². The normalized spacial score (nSPS) is 14.4. The van der Waals surface area contributed by atoms with Crippen LogP contribution in [0.2, 0.25) is 0 Å². The Kier molecular flexibility index (Phi) is 21.9. The van der Waals surface area contributed by atoms with Crippen molar-refractivity contribution in [2.75, 3.05) is 0 Å². The zero-order valence-corrected chi connectivity index (χ0v) is 22.7. The zero-order valence-electron chi connectivity index (χ0n) is 22.7. The highest BCUT2D eigenvalue weighted by Crippen LogP contribution is 2.37. The monoisotopic (exact) mass is 452 g/mol. The minimum atomic E-state index is -0.581. The summed E-state index contributed by atoms with van der Waals surface area (Å²) in [5.41, 5.74) is -0.542. The lowest BCUT2D eigenvalue weighted by molar-refractivity contribution is -0.151. The highest BCUT2D eigenvalue weighted by atomic mass is 16.4. The average Bonchev–Trinajstić information content (AvgIpc) is 2.78. The van der Waals surface area contributed by atoms with E-state index < -0.39 is 11.4 Å². The summed E-state index contributed by atoms with van der Waals surface area (Å²) in [6.45, 7) is 8.72. The lowest BCUT2D eigenvalue weighted by Gasteiger charge is -2.32. The minimum Gasteiger partial charge on any atom is -0.481 e. The second-order valence-electron chi connectivity index (χ2n) is 10.9. The second kappa shape index (κ2) is 22.3. The summed E-state index contributed by atoms with van der Waals surface area (Å²) in [6, 6.07) is 0. The summed E-state index contributed by atoms with van der Waals surface area (Å²) < 4.78 is 0. The molecule has 32 heavy (non-hydrogen) atoms. The van der Waals surface area contributed by atoms with Crippen molar-refractivity contribution in [3.05, 3.63) is 0 Å².